The molecule has 1 heterocycles. The summed E-state index contributed by atoms with van der Waals surface area (Å²) in [6.07, 6.45) is 0. The van der Waals surface area contributed by atoms with Crippen molar-refractivity contribution in [3.05, 3.63) is 41.3 Å². The molecule has 100 valence electrons. The lowest BCUT2D eigenvalue weighted by Gasteiger charge is -2.06. The average molecular weight is 278 g/mol. The number of hydrogen-bond donors (Lipinski definition) is 3. The Morgan fingerprint density at radius 2 is 2.32 bits per heavy atom. The number of rotatable bonds is 4. The van der Waals surface area contributed by atoms with Gasteiger partial charge in [-0.1, -0.05) is 17.3 Å². The van der Waals surface area contributed by atoms with Crippen LogP contribution < -0.4 is 17.0 Å². The minimum Gasteiger partial charge on any atom is -0.398 e. The number of carbonyl (C=O) groups is 1. The molecule has 19 heavy (non-hydrogen) atoms. The van der Waals surface area contributed by atoms with E-state index in [4.69, 9.17) is 16.1 Å². The van der Waals surface area contributed by atoms with Crippen molar-refractivity contribution in [3.63, 3.8) is 0 Å². The van der Waals surface area contributed by atoms with Crippen LogP contribution in [0, 0.1) is 6.92 Å². The number of thioether (sulfide) groups is 1. The van der Waals surface area contributed by atoms with Crippen LogP contribution in [0.15, 0.2) is 33.7 Å². The number of para-hydroxylation sites is 1. The first-order valence-electron chi connectivity index (χ1n) is 5.56. The lowest BCUT2D eigenvalue weighted by molar-refractivity contribution is 0.0944. The molecule has 0 radical (unpaired) electrons. The van der Waals surface area contributed by atoms with E-state index in [0.29, 0.717) is 11.5 Å². The molecule has 0 atom stereocenters. The summed E-state index contributed by atoms with van der Waals surface area (Å²) in [4.78, 5) is 12.2. The molecule has 0 aliphatic carbocycles. The number of benzene rings is 1. The molecule has 0 bridgehead atoms. The zero-order valence-corrected chi connectivity index (χ0v) is 11.2. The summed E-state index contributed by atoms with van der Waals surface area (Å²) in [5.74, 6) is 5.66. The van der Waals surface area contributed by atoms with E-state index in [-0.39, 0.29) is 5.69 Å². The number of carbonyl (C=O) groups excluding carboxylic acids is 1. The first-order chi connectivity index (χ1) is 9.11. The molecule has 1 amide bonds. The summed E-state index contributed by atoms with van der Waals surface area (Å²) in [6, 6.07) is 7.40. The number of aryl methyl sites for hydroxylation is 1. The molecule has 0 saturated carbocycles. The Labute approximate surface area is 114 Å². The van der Waals surface area contributed by atoms with Gasteiger partial charge in [-0.25, -0.2) is 5.84 Å². The highest BCUT2D eigenvalue weighted by Gasteiger charge is 2.12. The third-order valence-electron chi connectivity index (χ3n) is 2.58. The second kappa shape index (κ2) is 5.77. The van der Waals surface area contributed by atoms with Gasteiger partial charge in [-0.2, -0.15) is 0 Å². The van der Waals surface area contributed by atoms with Gasteiger partial charge in [0.25, 0.3) is 5.91 Å². The lowest BCUT2D eigenvalue weighted by atomic mass is 10.2. The topological polar surface area (TPSA) is 107 Å². The monoisotopic (exact) mass is 278 g/mol. The van der Waals surface area contributed by atoms with Gasteiger partial charge in [0.1, 0.15) is 5.76 Å². The van der Waals surface area contributed by atoms with Crippen LogP contribution in [-0.4, -0.2) is 11.1 Å². The number of anilines is 1. The number of nitrogens with one attached hydrogen (secondary N) is 1. The summed E-state index contributed by atoms with van der Waals surface area (Å²) in [5, 5.41) is 3.63. The number of hydrogen-bond acceptors (Lipinski definition) is 6. The summed E-state index contributed by atoms with van der Waals surface area (Å²) in [6.45, 7) is 1.96. The molecule has 1 aromatic heterocycles. The van der Waals surface area contributed by atoms with Gasteiger partial charge in [-0.05, 0) is 18.6 Å². The van der Waals surface area contributed by atoms with Crippen molar-refractivity contribution in [2.75, 3.05) is 5.73 Å². The van der Waals surface area contributed by atoms with Crippen LogP contribution in [0.5, 0.6) is 0 Å². The average Bonchev–Trinajstić information content (AvgIpc) is 2.88. The van der Waals surface area contributed by atoms with Gasteiger partial charge < -0.3 is 10.3 Å². The molecule has 5 N–H and O–H groups in total. The quantitative estimate of drug-likeness (QED) is 0.257. The second-order valence-corrected chi connectivity index (χ2v) is 4.94. The number of amides is 1. The Morgan fingerprint density at radius 1 is 1.53 bits per heavy atom. The predicted molar refractivity (Wildman–Crippen MR) is 73.3 cm³/mol. The Kier molecular flexibility index (Phi) is 4.08. The highest BCUT2D eigenvalue weighted by Crippen LogP contribution is 2.30. The van der Waals surface area contributed by atoms with Crippen LogP contribution >= 0.6 is 11.8 Å². The van der Waals surface area contributed by atoms with Gasteiger partial charge in [0.05, 0.1) is 5.75 Å². The summed E-state index contributed by atoms with van der Waals surface area (Å²) in [5.41, 5.74) is 9.92. The fourth-order valence-corrected chi connectivity index (χ4v) is 2.42. The molecule has 0 aliphatic rings. The molecule has 0 unspecified atom stereocenters. The summed E-state index contributed by atoms with van der Waals surface area (Å²) < 4.78 is 5.05. The maximum atomic E-state index is 11.2. The van der Waals surface area contributed by atoms with Crippen LogP contribution in [0.3, 0.4) is 0 Å². The van der Waals surface area contributed by atoms with E-state index in [1.165, 1.54) is 11.8 Å². The molecular formula is C12H14N4O2S. The van der Waals surface area contributed by atoms with E-state index >= 15 is 0 Å². The fraction of sp³-hybridized carbons (Fsp3) is 0.167. The maximum Gasteiger partial charge on any atom is 0.287 e. The first kappa shape index (κ1) is 13.4. The zero-order chi connectivity index (χ0) is 13.8. The van der Waals surface area contributed by atoms with E-state index in [2.05, 4.69) is 5.16 Å². The van der Waals surface area contributed by atoms with E-state index in [0.717, 1.165) is 16.1 Å². The summed E-state index contributed by atoms with van der Waals surface area (Å²) in [7, 11) is 0. The van der Waals surface area contributed by atoms with Crippen molar-refractivity contribution in [2.24, 2.45) is 5.84 Å². The van der Waals surface area contributed by atoms with Crippen molar-refractivity contribution in [3.8, 4) is 0 Å². The Hall–Kier alpha value is -1.99. The van der Waals surface area contributed by atoms with Crippen LogP contribution in [0.2, 0.25) is 0 Å². The smallest absolute Gasteiger partial charge is 0.287 e. The molecule has 0 saturated heterocycles. The molecule has 6 nitrogen and oxygen atoms in total. The number of hydrazine groups is 1. The van der Waals surface area contributed by atoms with Crippen molar-refractivity contribution >= 4 is 23.4 Å². The SMILES string of the molecule is Cc1cccc(SCc2cc(C(=O)NN)no2)c1N. The highest BCUT2D eigenvalue weighted by atomic mass is 32.2. The highest BCUT2D eigenvalue weighted by molar-refractivity contribution is 7.98. The van der Waals surface area contributed by atoms with Crippen LogP contribution in [-0.2, 0) is 5.75 Å². The molecule has 1 aromatic carbocycles. The standard InChI is InChI=1S/C12H14N4O2S/c1-7-3-2-4-10(11(7)13)19-6-8-5-9(16-18-8)12(17)15-14/h2-5H,6,13-14H2,1H3,(H,15,17). The lowest BCUT2D eigenvalue weighted by Crippen LogP contribution is -2.30. The predicted octanol–water partition coefficient (Wildman–Crippen LogP) is 1.46. The van der Waals surface area contributed by atoms with E-state index in [1.807, 2.05) is 30.5 Å². The van der Waals surface area contributed by atoms with Gasteiger partial charge >= 0.3 is 0 Å². The van der Waals surface area contributed by atoms with Crippen molar-refractivity contribution in [1.29, 1.82) is 0 Å². The molecule has 2 rings (SSSR count). The minimum absolute atomic E-state index is 0.162. The van der Waals surface area contributed by atoms with Crippen molar-refractivity contribution in [1.82, 2.24) is 10.6 Å². The minimum atomic E-state index is -0.477. The largest absolute Gasteiger partial charge is 0.398 e. The molecule has 0 spiro atoms. The number of nitrogen functional groups attached to an aromatic ring is 2. The van der Waals surface area contributed by atoms with E-state index in [9.17, 15) is 4.79 Å². The van der Waals surface area contributed by atoms with Gasteiger partial charge in [-0.15, -0.1) is 11.8 Å². The Bertz CT molecular complexity index is 597. The maximum absolute atomic E-state index is 11.2. The molecule has 0 aliphatic heterocycles. The number of nitrogens with zero attached hydrogens (tertiary/aromatic N) is 1. The van der Waals surface area contributed by atoms with E-state index in [1.54, 1.807) is 6.07 Å². The van der Waals surface area contributed by atoms with Gasteiger partial charge in [-0.3, -0.25) is 10.2 Å². The van der Waals surface area contributed by atoms with Gasteiger partial charge in [0.2, 0.25) is 0 Å². The molecule has 0 fully saturated rings. The van der Waals surface area contributed by atoms with Crippen LogP contribution in [0.1, 0.15) is 21.8 Å². The van der Waals surface area contributed by atoms with E-state index < -0.39 is 5.91 Å². The van der Waals surface area contributed by atoms with Crippen molar-refractivity contribution < 1.29 is 9.32 Å². The third-order valence-corrected chi connectivity index (χ3v) is 3.67. The van der Waals surface area contributed by atoms with Crippen molar-refractivity contribution in [2.45, 2.75) is 17.6 Å². The molecular weight excluding hydrogens is 264 g/mol. The normalized spacial score (nSPS) is 10.4. The number of aromatic nitrogens is 1. The van der Waals surface area contributed by atoms with Crippen LogP contribution in [0.25, 0.3) is 0 Å². The van der Waals surface area contributed by atoms with Gasteiger partial charge in [0, 0.05) is 16.6 Å². The number of nitrogens with two attached hydrogens (primary N) is 2. The Morgan fingerprint density at radius 3 is 3.05 bits per heavy atom. The summed E-state index contributed by atoms with van der Waals surface area (Å²) >= 11 is 1.53. The second-order valence-electron chi connectivity index (χ2n) is 3.93. The molecule has 2 aromatic rings. The van der Waals surface area contributed by atoms with Gasteiger partial charge in [0.15, 0.2) is 5.69 Å². The first-order valence-corrected chi connectivity index (χ1v) is 6.55. The third kappa shape index (κ3) is 3.07. The molecule has 7 heteroatoms. The van der Waals surface area contributed by atoms with Crippen LogP contribution in [0.4, 0.5) is 5.69 Å². The Balaban J connectivity index is 2.04. The zero-order valence-electron chi connectivity index (χ0n) is 10.3. The fourth-order valence-electron chi connectivity index (χ4n) is 1.49.